The third-order valence-electron chi connectivity index (χ3n) is 2.70. The zero-order valence-corrected chi connectivity index (χ0v) is 9.50. The molecule has 0 bridgehead atoms. The standard InChI is InChI=1S/C11H20N2O/c1-5-9(6-2)13-11(14)7-10(12-13)8(3)4/h7-9,12H,5-6H2,1-4H3. The summed E-state index contributed by atoms with van der Waals surface area (Å²) in [7, 11) is 0. The van der Waals surface area contributed by atoms with Gasteiger partial charge >= 0.3 is 0 Å². The molecule has 0 aromatic carbocycles. The molecule has 80 valence electrons. The summed E-state index contributed by atoms with van der Waals surface area (Å²) in [6.45, 7) is 8.39. The third-order valence-corrected chi connectivity index (χ3v) is 2.70. The number of nitrogens with zero attached hydrogens (tertiary/aromatic N) is 1. The molecule has 1 aromatic rings. The van der Waals surface area contributed by atoms with Gasteiger partial charge in [0, 0.05) is 11.8 Å². The van der Waals surface area contributed by atoms with E-state index >= 15 is 0 Å². The summed E-state index contributed by atoms with van der Waals surface area (Å²) >= 11 is 0. The average molecular weight is 196 g/mol. The van der Waals surface area contributed by atoms with Crippen molar-refractivity contribution in [3.8, 4) is 0 Å². The van der Waals surface area contributed by atoms with Crippen molar-refractivity contribution in [3.05, 3.63) is 22.1 Å². The Bertz CT molecular complexity index is 331. The average Bonchev–Trinajstić information content (AvgIpc) is 2.51. The van der Waals surface area contributed by atoms with Gasteiger partial charge in [-0.05, 0) is 18.8 Å². The molecule has 1 aromatic heterocycles. The van der Waals surface area contributed by atoms with Crippen LogP contribution in [0.15, 0.2) is 10.9 Å². The van der Waals surface area contributed by atoms with Crippen molar-refractivity contribution in [2.75, 3.05) is 0 Å². The Hall–Kier alpha value is -0.990. The number of rotatable bonds is 4. The summed E-state index contributed by atoms with van der Waals surface area (Å²) in [4.78, 5) is 11.6. The van der Waals surface area contributed by atoms with Gasteiger partial charge in [0.15, 0.2) is 0 Å². The van der Waals surface area contributed by atoms with Crippen molar-refractivity contribution in [1.82, 2.24) is 9.78 Å². The van der Waals surface area contributed by atoms with E-state index in [1.165, 1.54) is 0 Å². The molecule has 3 nitrogen and oxygen atoms in total. The summed E-state index contributed by atoms with van der Waals surface area (Å²) < 4.78 is 1.76. The maximum atomic E-state index is 11.6. The highest BCUT2D eigenvalue weighted by Crippen LogP contribution is 2.14. The lowest BCUT2D eigenvalue weighted by molar-refractivity contribution is 0.414. The van der Waals surface area contributed by atoms with Gasteiger partial charge in [-0.15, -0.1) is 0 Å². The minimum absolute atomic E-state index is 0.0994. The molecule has 0 saturated heterocycles. The van der Waals surface area contributed by atoms with Gasteiger partial charge in [-0.3, -0.25) is 9.89 Å². The lowest BCUT2D eigenvalue weighted by atomic mass is 10.1. The van der Waals surface area contributed by atoms with Crippen molar-refractivity contribution in [1.29, 1.82) is 0 Å². The molecule has 0 amide bonds. The van der Waals surface area contributed by atoms with E-state index in [9.17, 15) is 4.79 Å². The van der Waals surface area contributed by atoms with Crippen LogP contribution in [0, 0.1) is 0 Å². The predicted molar refractivity (Wildman–Crippen MR) is 58.8 cm³/mol. The highest BCUT2D eigenvalue weighted by Gasteiger charge is 2.12. The van der Waals surface area contributed by atoms with Gasteiger partial charge in [0.1, 0.15) is 0 Å². The number of aromatic nitrogens is 2. The van der Waals surface area contributed by atoms with Crippen molar-refractivity contribution in [3.63, 3.8) is 0 Å². The Morgan fingerprint density at radius 3 is 2.29 bits per heavy atom. The zero-order valence-electron chi connectivity index (χ0n) is 9.50. The van der Waals surface area contributed by atoms with Gasteiger partial charge in [0.05, 0.1) is 6.04 Å². The number of H-pyrrole nitrogens is 1. The van der Waals surface area contributed by atoms with Crippen LogP contribution in [0.5, 0.6) is 0 Å². The minimum atomic E-state index is 0.0994. The first-order valence-electron chi connectivity index (χ1n) is 5.41. The molecule has 0 aliphatic heterocycles. The molecule has 14 heavy (non-hydrogen) atoms. The number of hydrogen-bond acceptors (Lipinski definition) is 1. The molecular weight excluding hydrogens is 176 g/mol. The van der Waals surface area contributed by atoms with Crippen LogP contribution in [0.4, 0.5) is 0 Å². The summed E-state index contributed by atoms with van der Waals surface area (Å²) in [6.07, 6.45) is 1.99. The van der Waals surface area contributed by atoms with E-state index in [2.05, 4.69) is 32.8 Å². The Balaban J connectivity index is 3.03. The van der Waals surface area contributed by atoms with E-state index < -0.39 is 0 Å². The summed E-state index contributed by atoms with van der Waals surface area (Å²) in [6, 6.07) is 2.03. The first-order chi connectivity index (χ1) is 6.60. The molecule has 0 unspecified atom stereocenters. The van der Waals surface area contributed by atoms with Crippen LogP contribution < -0.4 is 5.56 Å². The van der Waals surface area contributed by atoms with E-state index in [0.717, 1.165) is 18.5 Å². The number of aromatic amines is 1. The monoisotopic (exact) mass is 196 g/mol. The third kappa shape index (κ3) is 2.08. The second-order valence-electron chi connectivity index (χ2n) is 4.04. The van der Waals surface area contributed by atoms with Crippen LogP contribution in [0.25, 0.3) is 0 Å². The van der Waals surface area contributed by atoms with Crippen molar-refractivity contribution < 1.29 is 0 Å². The van der Waals surface area contributed by atoms with E-state index in [4.69, 9.17) is 0 Å². The quantitative estimate of drug-likeness (QED) is 0.789. The Labute approximate surface area is 85.1 Å². The van der Waals surface area contributed by atoms with E-state index in [1.807, 2.05) is 0 Å². The molecule has 0 spiro atoms. The Kier molecular flexibility index (Phi) is 3.55. The Morgan fingerprint density at radius 2 is 1.93 bits per heavy atom. The van der Waals surface area contributed by atoms with Crippen LogP contribution in [0.2, 0.25) is 0 Å². The molecule has 0 fully saturated rings. The molecule has 1 N–H and O–H groups in total. The van der Waals surface area contributed by atoms with E-state index in [1.54, 1.807) is 10.7 Å². The van der Waals surface area contributed by atoms with E-state index in [0.29, 0.717) is 12.0 Å². The van der Waals surface area contributed by atoms with Gasteiger partial charge in [-0.25, -0.2) is 4.68 Å². The summed E-state index contributed by atoms with van der Waals surface area (Å²) in [5, 5.41) is 3.19. The van der Waals surface area contributed by atoms with Gasteiger partial charge in [0.25, 0.3) is 5.56 Å². The normalized spacial score (nSPS) is 11.6. The fraction of sp³-hybridized carbons (Fsp3) is 0.727. The van der Waals surface area contributed by atoms with Crippen LogP contribution in [0.1, 0.15) is 58.2 Å². The predicted octanol–water partition coefficient (Wildman–Crippen LogP) is 2.66. The summed E-state index contributed by atoms with van der Waals surface area (Å²) in [5.41, 5.74) is 1.13. The first kappa shape index (κ1) is 11.1. The van der Waals surface area contributed by atoms with Crippen molar-refractivity contribution >= 4 is 0 Å². The minimum Gasteiger partial charge on any atom is -0.299 e. The van der Waals surface area contributed by atoms with Crippen molar-refractivity contribution in [2.24, 2.45) is 0 Å². The van der Waals surface area contributed by atoms with Crippen LogP contribution in [-0.2, 0) is 0 Å². The van der Waals surface area contributed by atoms with Crippen molar-refractivity contribution in [2.45, 2.75) is 52.5 Å². The van der Waals surface area contributed by atoms with Gasteiger partial charge in [-0.2, -0.15) is 0 Å². The molecule has 3 heteroatoms. The SMILES string of the molecule is CCC(CC)n1[nH]c(C(C)C)cc1=O. The highest BCUT2D eigenvalue weighted by atomic mass is 16.1. The molecular formula is C11H20N2O. The molecule has 0 aliphatic rings. The van der Waals surface area contributed by atoms with Crippen LogP contribution in [0.3, 0.4) is 0 Å². The second-order valence-corrected chi connectivity index (χ2v) is 4.04. The van der Waals surface area contributed by atoms with Crippen LogP contribution >= 0.6 is 0 Å². The molecule has 0 atom stereocenters. The molecule has 0 aliphatic carbocycles. The fourth-order valence-electron chi connectivity index (χ4n) is 1.65. The first-order valence-corrected chi connectivity index (χ1v) is 5.41. The summed E-state index contributed by atoms with van der Waals surface area (Å²) in [5.74, 6) is 0.387. The fourth-order valence-corrected chi connectivity index (χ4v) is 1.65. The van der Waals surface area contributed by atoms with Crippen LogP contribution in [-0.4, -0.2) is 9.78 Å². The Morgan fingerprint density at radius 1 is 1.36 bits per heavy atom. The largest absolute Gasteiger partial charge is 0.299 e. The molecule has 0 radical (unpaired) electrons. The molecule has 1 heterocycles. The topological polar surface area (TPSA) is 37.8 Å². The smallest absolute Gasteiger partial charge is 0.266 e. The van der Waals surface area contributed by atoms with E-state index in [-0.39, 0.29) is 5.56 Å². The van der Waals surface area contributed by atoms with Gasteiger partial charge in [0.2, 0.25) is 0 Å². The zero-order chi connectivity index (χ0) is 10.7. The highest BCUT2D eigenvalue weighted by molar-refractivity contribution is 5.04. The second kappa shape index (κ2) is 4.49. The maximum absolute atomic E-state index is 11.6. The molecule has 0 saturated carbocycles. The number of hydrogen-bond donors (Lipinski definition) is 1. The lowest BCUT2D eigenvalue weighted by Gasteiger charge is -2.13. The lowest BCUT2D eigenvalue weighted by Crippen LogP contribution is -2.21. The molecule has 1 rings (SSSR count). The number of nitrogens with one attached hydrogen (secondary N) is 1. The van der Waals surface area contributed by atoms with Gasteiger partial charge in [-0.1, -0.05) is 27.7 Å². The maximum Gasteiger partial charge on any atom is 0.266 e. The van der Waals surface area contributed by atoms with Gasteiger partial charge < -0.3 is 0 Å².